The van der Waals surface area contributed by atoms with Crippen LogP contribution in [0.3, 0.4) is 0 Å². The van der Waals surface area contributed by atoms with Crippen molar-refractivity contribution < 1.29 is 9.53 Å². The molecule has 1 spiro atoms. The molecule has 1 saturated heterocycles. The molecular weight excluding hydrogens is 286 g/mol. The van der Waals surface area contributed by atoms with Gasteiger partial charge in [-0.2, -0.15) is 4.37 Å². The van der Waals surface area contributed by atoms with Crippen LogP contribution in [0.1, 0.15) is 55.8 Å². The highest BCUT2D eigenvalue weighted by Gasteiger charge is 2.38. The molecule has 0 radical (unpaired) electrons. The quantitative estimate of drug-likeness (QED) is 0.869. The van der Waals surface area contributed by atoms with Crippen LogP contribution in [0, 0.1) is 5.41 Å². The van der Waals surface area contributed by atoms with Crippen LogP contribution in [0.2, 0.25) is 0 Å². The summed E-state index contributed by atoms with van der Waals surface area (Å²) in [5, 5.41) is 0.888. The van der Waals surface area contributed by atoms with Crippen molar-refractivity contribution in [2.24, 2.45) is 5.41 Å². The van der Waals surface area contributed by atoms with Crippen LogP contribution in [0.4, 0.5) is 10.8 Å². The van der Waals surface area contributed by atoms with E-state index in [-0.39, 0.29) is 5.97 Å². The molecule has 2 fully saturated rings. The van der Waals surface area contributed by atoms with Crippen LogP contribution in [-0.4, -0.2) is 30.0 Å². The summed E-state index contributed by atoms with van der Waals surface area (Å²) in [6.45, 7) is 4.15. The van der Waals surface area contributed by atoms with Gasteiger partial charge in [0, 0.05) is 13.1 Å². The lowest BCUT2D eigenvalue weighted by atomic mass is 9.77. The molecule has 1 aromatic heterocycles. The van der Waals surface area contributed by atoms with Crippen molar-refractivity contribution in [2.45, 2.75) is 45.4 Å². The van der Waals surface area contributed by atoms with Gasteiger partial charge in [-0.1, -0.05) is 12.8 Å². The molecule has 0 amide bonds. The summed E-state index contributed by atoms with van der Waals surface area (Å²) in [6.07, 6.45) is 7.93. The van der Waals surface area contributed by atoms with Gasteiger partial charge in [0.15, 0.2) is 5.82 Å². The molecule has 0 aromatic carbocycles. The van der Waals surface area contributed by atoms with Gasteiger partial charge in [-0.05, 0) is 49.6 Å². The van der Waals surface area contributed by atoms with Crippen molar-refractivity contribution in [1.29, 1.82) is 0 Å². The predicted molar refractivity (Wildman–Crippen MR) is 84.8 cm³/mol. The minimum atomic E-state index is -0.347. The Bertz CT molecular complexity index is 513. The number of hydrogen-bond donors (Lipinski definition) is 1. The SMILES string of the molecule is CCOC(=O)c1c(N)nsc1N1CCC2(CCCC2)CC1. The number of piperidine rings is 1. The number of nitrogens with two attached hydrogens (primary N) is 1. The summed E-state index contributed by atoms with van der Waals surface area (Å²) < 4.78 is 9.27. The third kappa shape index (κ3) is 2.73. The second-order valence-corrected chi connectivity index (χ2v) is 6.91. The number of ether oxygens (including phenoxy) is 1. The highest BCUT2D eigenvalue weighted by Crippen LogP contribution is 2.47. The first kappa shape index (κ1) is 14.6. The van der Waals surface area contributed by atoms with Gasteiger partial charge in [-0.15, -0.1) is 0 Å². The molecule has 1 saturated carbocycles. The average Bonchev–Trinajstić information content (AvgIpc) is 3.08. The van der Waals surface area contributed by atoms with E-state index >= 15 is 0 Å². The molecule has 1 aromatic rings. The van der Waals surface area contributed by atoms with Crippen LogP contribution < -0.4 is 10.6 Å². The summed E-state index contributed by atoms with van der Waals surface area (Å²) in [4.78, 5) is 14.3. The maximum atomic E-state index is 12.1. The zero-order valence-electron chi connectivity index (χ0n) is 12.6. The van der Waals surface area contributed by atoms with Crippen LogP contribution in [0.25, 0.3) is 0 Å². The van der Waals surface area contributed by atoms with Gasteiger partial charge in [0.25, 0.3) is 0 Å². The van der Waals surface area contributed by atoms with Gasteiger partial charge in [-0.3, -0.25) is 0 Å². The van der Waals surface area contributed by atoms with Crippen molar-refractivity contribution in [1.82, 2.24) is 4.37 Å². The zero-order valence-corrected chi connectivity index (χ0v) is 13.4. The van der Waals surface area contributed by atoms with E-state index < -0.39 is 0 Å². The molecule has 1 aliphatic carbocycles. The standard InChI is InChI=1S/C15H23N3O2S/c1-2-20-14(19)11-12(16)17-21-13(11)18-9-7-15(8-10-18)5-3-4-6-15/h2-10H2,1H3,(H2,16,17). The van der Waals surface area contributed by atoms with Crippen LogP contribution in [0.15, 0.2) is 0 Å². The van der Waals surface area contributed by atoms with Crippen LogP contribution in [0.5, 0.6) is 0 Å². The minimum absolute atomic E-state index is 0.301. The number of hydrogen-bond acceptors (Lipinski definition) is 6. The topological polar surface area (TPSA) is 68.5 Å². The van der Waals surface area contributed by atoms with Crippen molar-refractivity contribution in [3.8, 4) is 0 Å². The Labute approximate surface area is 129 Å². The molecule has 6 heteroatoms. The molecule has 0 bridgehead atoms. The third-order valence-electron chi connectivity index (χ3n) is 4.96. The number of anilines is 2. The van der Waals surface area contributed by atoms with E-state index in [1.807, 2.05) is 0 Å². The second kappa shape index (κ2) is 5.83. The van der Waals surface area contributed by atoms with Crippen molar-refractivity contribution in [3.63, 3.8) is 0 Å². The lowest BCUT2D eigenvalue weighted by molar-refractivity contribution is 0.0528. The number of carbonyl (C=O) groups excluding carboxylic acids is 1. The number of carbonyl (C=O) groups is 1. The summed E-state index contributed by atoms with van der Waals surface area (Å²) in [6, 6.07) is 0. The Morgan fingerprint density at radius 1 is 1.33 bits per heavy atom. The highest BCUT2D eigenvalue weighted by atomic mass is 32.1. The largest absolute Gasteiger partial charge is 0.462 e. The van der Waals surface area contributed by atoms with E-state index in [1.165, 1.54) is 50.1 Å². The molecule has 2 N–H and O–H groups in total. The molecule has 21 heavy (non-hydrogen) atoms. The molecule has 0 atom stereocenters. The van der Waals surface area contributed by atoms with Gasteiger partial charge in [0.2, 0.25) is 0 Å². The first-order valence-electron chi connectivity index (χ1n) is 7.82. The van der Waals surface area contributed by atoms with Crippen LogP contribution >= 0.6 is 11.5 Å². The minimum Gasteiger partial charge on any atom is -0.462 e. The van der Waals surface area contributed by atoms with E-state index in [4.69, 9.17) is 10.5 Å². The van der Waals surface area contributed by atoms with Gasteiger partial charge in [0.05, 0.1) is 6.61 Å². The predicted octanol–water partition coefficient (Wildman–Crippen LogP) is 3.06. The van der Waals surface area contributed by atoms with E-state index in [1.54, 1.807) is 6.92 Å². The Kier molecular flexibility index (Phi) is 4.06. The first-order valence-corrected chi connectivity index (χ1v) is 8.60. The van der Waals surface area contributed by atoms with E-state index in [0.717, 1.165) is 18.1 Å². The molecule has 5 nitrogen and oxygen atoms in total. The average molecular weight is 309 g/mol. The number of aromatic nitrogens is 1. The summed E-state index contributed by atoms with van der Waals surface area (Å²) >= 11 is 1.32. The Hall–Kier alpha value is -1.30. The smallest absolute Gasteiger partial charge is 0.345 e. The van der Waals surface area contributed by atoms with Gasteiger partial charge in [0.1, 0.15) is 10.6 Å². The molecule has 116 valence electrons. The molecule has 1 aliphatic heterocycles. The normalized spacial score (nSPS) is 20.9. The lowest BCUT2D eigenvalue weighted by Gasteiger charge is -2.39. The number of nitrogen functional groups attached to an aromatic ring is 1. The van der Waals surface area contributed by atoms with Crippen molar-refractivity contribution >= 4 is 28.3 Å². The fourth-order valence-electron chi connectivity index (χ4n) is 3.71. The maximum absolute atomic E-state index is 12.1. The molecule has 3 rings (SSSR count). The lowest BCUT2D eigenvalue weighted by Crippen LogP contribution is -2.39. The van der Waals surface area contributed by atoms with Gasteiger partial charge in [-0.25, -0.2) is 4.79 Å². The Balaban J connectivity index is 1.75. The van der Waals surface area contributed by atoms with Gasteiger partial charge < -0.3 is 15.4 Å². The first-order chi connectivity index (χ1) is 10.2. The van der Waals surface area contributed by atoms with Crippen molar-refractivity contribution in [3.05, 3.63) is 5.56 Å². The van der Waals surface area contributed by atoms with Gasteiger partial charge >= 0.3 is 5.97 Å². The number of rotatable bonds is 3. The Morgan fingerprint density at radius 2 is 2.00 bits per heavy atom. The zero-order chi connectivity index (χ0) is 14.9. The molecule has 2 heterocycles. The molecule has 2 aliphatic rings. The second-order valence-electron chi connectivity index (χ2n) is 6.16. The monoisotopic (exact) mass is 309 g/mol. The van der Waals surface area contributed by atoms with E-state index in [2.05, 4.69) is 9.27 Å². The van der Waals surface area contributed by atoms with E-state index in [9.17, 15) is 4.79 Å². The summed E-state index contributed by atoms with van der Waals surface area (Å²) in [5.41, 5.74) is 6.90. The summed E-state index contributed by atoms with van der Waals surface area (Å²) in [5.74, 6) is -0.0468. The maximum Gasteiger partial charge on any atom is 0.345 e. The number of esters is 1. The molecule has 0 unspecified atom stereocenters. The fourth-order valence-corrected chi connectivity index (χ4v) is 4.57. The fraction of sp³-hybridized carbons (Fsp3) is 0.733. The highest BCUT2D eigenvalue weighted by molar-refractivity contribution is 7.11. The number of nitrogens with zero attached hydrogens (tertiary/aromatic N) is 2. The molecular formula is C15H23N3O2S. The third-order valence-corrected chi connectivity index (χ3v) is 5.88. The van der Waals surface area contributed by atoms with Crippen molar-refractivity contribution in [2.75, 3.05) is 30.3 Å². The van der Waals surface area contributed by atoms with Crippen LogP contribution in [-0.2, 0) is 4.74 Å². The summed E-state index contributed by atoms with van der Waals surface area (Å²) in [7, 11) is 0. The Morgan fingerprint density at radius 3 is 2.62 bits per heavy atom. The van der Waals surface area contributed by atoms with E-state index in [0.29, 0.717) is 23.4 Å².